The molecule has 110 valence electrons. The van der Waals surface area contributed by atoms with Crippen LogP contribution in [0.3, 0.4) is 0 Å². The van der Waals surface area contributed by atoms with Gasteiger partial charge in [0.05, 0.1) is 6.10 Å². The third-order valence-electron chi connectivity index (χ3n) is 2.91. The number of anilines is 2. The van der Waals surface area contributed by atoms with Crippen LogP contribution in [0, 0.1) is 0 Å². The summed E-state index contributed by atoms with van der Waals surface area (Å²) in [5.74, 6) is 1.25. The summed E-state index contributed by atoms with van der Waals surface area (Å²) in [5.41, 5.74) is 6.94. The molecule has 2 aromatic rings. The molecular formula is C15H18N4OS. The molecule has 3 N–H and O–H groups in total. The average molecular weight is 302 g/mol. The van der Waals surface area contributed by atoms with E-state index >= 15 is 0 Å². The lowest BCUT2D eigenvalue weighted by atomic mass is 10.3. The van der Waals surface area contributed by atoms with Gasteiger partial charge in [-0.3, -0.25) is 0 Å². The lowest BCUT2D eigenvalue weighted by Crippen LogP contribution is -2.13. The van der Waals surface area contributed by atoms with Crippen LogP contribution in [-0.2, 0) is 0 Å². The monoisotopic (exact) mass is 302 g/mol. The van der Waals surface area contributed by atoms with Gasteiger partial charge in [0, 0.05) is 18.0 Å². The van der Waals surface area contributed by atoms with E-state index in [4.69, 9.17) is 22.7 Å². The average Bonchev–Trinajstić information content (AvgIpc) is 2.47. The Morgan fingerprint density at radius 2 is 2.24 bits per heavy atom. The van der Waals surface area contributed by atoms with Gasteiger partial charge in [-0.1, -0.05) is 25.2 Å². The number of nitrogens with two attached hydrogens (primary N) is 1. The molecule has 0 amide bonds. The van der Waals surface area contributed by atoms with Gasteiger partial charge in [0.2, 0.25) is 5.95 Å². The standard InChI is InChI=1S/C15H18N4OS/c1-3-10(2)20-12-6-4-5-11(9-12)18-15-17-8-7-13(19-15)14(16)21/h4-10H,3H2,1-2H3,(H2,16,21)(H,17,18,19). The van der Waals surface area contributed by atoms with Crippen LogP contribution < -0.4 is 15.8 Å². The summed E-state index contributed by atoms with van der Waals surface area (Å²) in [6, 6.07) is 9.33. The highest BCUT2D eigenvalue weighted by molar-refractivity contribution is 7.80. The predicted octanol–water partition coefficient (Wildman–Crippen LogP) is 3.03. The fraction of sp³-hybridized carbons (Fsp3) is 0.267. The molecule has 1 atom stereocenters. The number of ether oxygens (including phenoxy) is 1. The van der Waals surface area contributed by atoms with Crippen LogP contribution in [0.1, 0.15) is 26.0 Å². The molecule has 0 saturated carbocycles. The first kappa shape index (κ1) is 15.2. The molecule has 6 heteroatoms. The molecule has 0 radical (unpaired) electrons. The van der Waals surface area contributed by atoms with Crippen molar-refractivity contribution in [1.29, 1.82) is 0 Å². The lowest BCUT2D eigenvalue weighted by molar-refractivity contribution is 0.217. The second-order valence-electron chi connectivity index (χ2n) is 4.62. The summed E-state index contributed by atoms with van der Waals surface area (Å²) in [7, 11) is 0. The molecule has 0 saturated heterocycles. The summed E-state index contributed by atoms with van der Waals surface area (Å²) in [4.78, 5) is 8.64. The normalized spacial score (nSPS) is 11.7. The molecule has 1 heterocycles. The van der Waals surface area contributed by atoms with Gasteiger partial charge in [0.15, 0.2) is 0 Å². The van der Waals surface area contributed by atoms with Gasteiger partial charge in [-0.25, -0.2) is 9.97 Å². The van der Waals surface area contributed by atoms with E-state index in [1.807, 2.05) is 31.2 Å². The van der Waals surface area contributed by atoms with Gasteiger partial charge >= 0.3 is 0 Å². The first-order valence-corrected chi connectivity index (χ1v) is 7.16. The van der Waals surface area contributed by atoms with Crippen molar-refractivity contribution in [3.8, 4) is 5.75 Å². The number of nitrogens with one attached hydrogen (secondary N) is 1. The van der Waals surface area contributed by atoms with E-state index in [0.717, 1.165) is 17.9 Å². The predicted molar refractivity (Wildman–Crippen MR) is 88.0 cm³/mol. The van der Waals surface area contributed by atoms with Crippen LogP contribution in [0.25, 0.3) is 0 Å². The molecule has 1 aromatic carbocycles. The smallest absolute Gasteiger partial charge is 0.227 e. The van der Waals surface area contributed by atoms with Crippen molar-refractivity contribution in [2.24, 2.45) is 5.73 Å². The Labute approximate surface area is 129 Å². The number of hydrogen-bond donors (Lipinski definition) is 2. The van der Waals surface area contributed by atoms with Crippen LogP contribution in [0.4, 0.5) is 11.6 Å². The number of hydrogen-bond acceptors (Lipinski definition) is 5. The SMILES string of the molecule is CCC(C)Oc1cccc(Nc2nccc(C(N)=S)n2)c1. The second kappa shape index (κ2) is 6.99. The highest BCUT2D eigenvalue weighted by atomic mass is 32.1. The van der Waals surface area contributed by atoms with Crippen molar-refractivity contribution >= 4 is 28.8 Å². The molecule has 1 unspecified atom stereocenters. The fourth-order valence-electron chi connectivity index (χ4n) is 1.65. The van der Waals surface area contributed by atoms with E-state index in [9.17, 15) is 0 Å². The van der Waals surface area contributed by atoms with Crippen LogP contribution in [0.2, 0.25) is 0 Å². The topological polar surface area (TPSA) is 73.1 Å². The van der Waals surface area contributed by atoms with E-state index in [1.165, 1.54) is 0 Å². The summed E-state index contributed by atoms with van der Waals surface area (Å²) in [6.45, 7) is 4.12. The largest absolute Gasteiger partial charge is 0.491 e. The molecule has 1 aromatic heterocycles. The van der Waals surface area contributed by atoms with Crippen molar-refractivity contribution in [2.75, 3.05) is 5.32 Å². The van der Waals surface area contributed by atoms with E-state index in [1.54, 1.807) is 12.3 Å². The van der Waals surface area contributed by atoms with Crippen LogP contribution in [0.5, 0.6) is 5.75 Å². The van der Waals surface area contributed by atoms with Gasteiger partial charge in [0.25, 0.3) is 0 Å². The fourth-order valence-corrected chi connectivity index (χ4v) is 1.76. The Morgan fingerprint density at radius 1 is 1.43 bits per heavy atom. The maximum absolute atomic E-state index is 5.78. The minimum Gasteiger partial charge on any atom is -0.491 e. The molecule has 0 fully saturated rings. The highest BCUT2D eigenvalue weighted by Crippen LogP contribution is 2.21. The Hall–Kier alpha value is -2.21. The summed E-state index contributed by atoms with van der Waals surface area (Å²) < 4.78 is 5.78. The number of aromatic nitrogens is 2. The Balaban J connectivity index is 2.14. The Morgan fingerprint density at radius 3 is 2.95 bits per heavy atom. The quantitative estimate of drug-likeness (QED) is 0.799. The number of benzene rings is 1. The van der Waals surface area contributed by atoms with Crippen molar-refractivity contribution in [2.45, 2.75) is 26.4 Å². The maximum atomic E-state index is 5.78. The number of rotatable bonds is 6. The molecule has 0 aliphatic heterocycles. The van der Waals surface area contributed by atoms with Crippen LogP contribution in [0.15, 0.2) is 36.5 Å². The minimum atomic E-state index is 0.175. The van der Waals surface area contributed by atoms with E-state index in [0.29, 0.717) is 11.6 Å². The first-order chi connectivity index (χ1) is 10.1. The zero-order valence-electron chi connectivity index (χ0n) is 12.0. The molecular weight excluding hydrogens is 284 g/mol. The Bertz CT molecular complexity index is 633. The third kappa shape index (κ3) is 4.39. The molecule has 0 bridgehead atoms. The molecule has 5 nitrogen and oxygen atoms in total. The second-order valence-corrected chi connectivity index (χ2v) is 5.06. The van der Waals surface area contributed by atoms with Crippen molar-refractivity contribution < 1.29 is 4.74 Å². The van der Waals surface area contributed by atoms with Gasteiger partial charge in [-0.05, 0) is 31.5 Å². The zero-order valence-corrected chi connectivity index (χ0v) is 12.9. The third-order valence-corrected chi connectivity index (χ3v) is 3.12. The van der Waals surface area contributed by atoms with E-state index in [-0.39, 0.29) is 11.1 Å². The summed E-state index contributed by atoms with van der Waals surface area (Å²) in [5, 5.41) is 3.11. The Kier molecular flexibility index (Phi) is 5.05. The van der Waals surface area contributed by atoms with Crippen LogP contribution in [-0.4, -0.2) is 21.1 Å². The van der Waals surface area contributed by atoms with Gasteiger partial charge in [-0.2, -0.15) is 0 Å². The number of thiocarbonyl (C=S) groups is 1. The molecule has 2 rings (SSSR count). The van der Waals surface area contributed by atoms with Gasteiger partial charge in [-0.15, -0.1) is 0 Å². The first-order valence-electron chi connectivity index (χ1n) is 6.75. The molecule has 21 heavy (non-hydrogen) atoms. The zero-order chi connectivity index (χ0) is 15.2. The maximum Gasteiger partial charge on any atom is 0.227 e. The van der Waals surface area contributed by atoms with Crippen molar-refractivity contribution in [3.05, 3.63) is 42.2 Å². The van der Waals surface area contributed by atoms with Crippen molar-refractivity contribution in [1.82, 2.24) is 9.97 Å². The lowest BCUT2D eigenvalue weighted by Gasteiger charge is -2.13. The van der Waals surface area contributed by atoms with Gasteiger partial charge in [0.1, 0.15) is 16.4 Å². The van der Waals surface area contributed by atoms with Crippen molar-refractivity contribution in [3.63, 3.8) is 0 Å². The van der Waals surface area contributed by atoms with Crippen LogP contribution >= 0.6 is 12.2 Å². The molecule has 0 spiro atoms. The minimum absolute atomic E-state index is 0.175. The van der Waals surface area contributed by atoms with Gasteiger partial charge < -0.3 is 15.8 Å². The summed E-state index contributed by atoms with van der Waals surface area (Å²) >= 11 is 4.91. The van der Waals surface area contributed by atoms with E-state index in [2.05, 4.69) is 22.2 Å². The molecule has 0 aliphatic carbocycles. The number of nitrogens with zero attached hydrogens (tertiary/aromatic N) is 2. The summed E-state index contributed by atoms with van der Waals surface area (Å²) in [6.07, 6.45) is 2.74. The van der Waals surface area contributed by atoms with E-state index < -0.39 is 0 Å². The molecule has 0 aliphatic rings. The highest BCUT2D eigenvalue weighted by Gasteiger charge is 2.05.